The van der Waals surface area contributed by atoms with Crippen LogP contribution >= 0.6 is 23.1 Å². The number of thioether (sulfide) groups is 1. The second kappa shape index (κ2) is 8.64. The topological polar surface area (TPSA) is 84.0 Å². The van der Waals surface area contributed by atoms with Gasteiger partial charge in [-0.2, -0.15) is 0 Å². The second-order valence-corrected chi connectivity index (χ2v) is 6.93. The number of carbonyl (C=O) groups excluding carboxylic acids is 2. The van der Waals surface area contributed by atoms with Gasteiger partial charge in [-0.05, 0) is 31.0 Å². The van der Waals surface area contributed by atoms with Gasteiger partial charge >= 0.3 is 0 Å². The molecule has 2 amide bonds. The van der Waals surface area contributed by atoms with Gasteiger partial charge in [-0.1, -0.05) is 30.4 Å². The third-order valence-electron chi connectivity index (χ3n) is 2.88. The Bertz CT molecular complexity index is 670. The summed E-state index contributed by atoms with van der Waals surface area (Å²) in [6, 6.07) is 7.73. The van der Waals surface area contributed by atoms with Crippen molar-refractivity contribution in [2.45, 2.75) is 20.3 Å². The van der Waals surface area contributed by atoms with Crippen molar-refractivity contribution in [1.29, 1.82) is 0 Å². The molecule has 0 radical (unpaired) electrons. The molecule has 8 heteroatoms. The average Bonchev–Trinajstić information content (AvgIpc) is 2.93. The van der Waals surface area contributed by atoms with Crippen molar-refractivity contribution in [3.8, 4) is 0 Å². The molecule has 122 valence electrons. The number of aryl methyl sites for hydroxylation is 2. The molecule has 1 aromatic heterocycles. The van der Waals surface area contributed by atoms with Gasteiger partial charge in [0, 0.05) is 5.69 Å². The number of aromatic nitrogens is 2. The predicted octanol–water partition coefficient (Wildman–Crippen LogP) is 2.72. The summed E-state index contributed by atoms with van der Waals surface area (Å²) in [6.07, 6.45) is 0.966. The molecule has 0 saturated carbocycles. The molecule has 1 aromatic carbocycles. The lowest BCUT2D eigenvalue weighted by Gasteiger charge is -2.06. The van der Waals surface area contributed by atoms with Crippen LogP contribution in [0.1, 0.15) is 17.5 Å². The predicted molar refractivity (Wildman–Crippen MR) is 95.1 cm³/mol. The fourth-order valence-electron chi connectivity index (χ4n) is 1.76. The minimum absolute atomic E-state index is 0.126. The molecule has 2 rings (SSSR count). The molecule has 0 aliphatic rings. The van der Waals surface area contributed by atoms with Crippen LogP contribution in [0.3, 0.4) is 0 Å². The minimum atomic E-state index is -0.189. The first kappa shape index (κ1) is 17.4. The van der Waals surface area contributed by atoms with E-state index in [4.69, 9.17) is 0 Å². The maximum atomic E-state index is 11.8. The van der Waals surface area contributed by atoms with E-state index in [1.807, 2.05) is 31.2 Å². The molecular formula is C15H18N4O2S2. The summed E-state index contributed by atoms with van der Waals surface area (Å²) < 4.78 is 0. The number of hydrogen-bond acceptors (Lipinski definition) is 6. The molecule has 2 aromatic rings. The molecule has 0 aliphatic carbocycles. The highest BCUT2D eigenvalue weighted by molar-refractivity contribution is 8.00. The molecule has 0 atom stereocenters. The summed E-state index contributed by atoms with van der Waals surface area (Å²) in [7, 11) is 0. The van der Waals surface area contributed by atoms with Gasteiger partial charge in [0.15, 0.2) is 0 Å². The van der Waals surface area contributed by atoms with Gasteiger partial charge in [0.2, 0.25) is 16.9 Å². The Balaban J connectivity index is 1.68. The molecule has 0 saturated heterocycles. The van der Waals surface area contributed by atoms with Crippen molar-refractivity contribution in [1.82, 2.24) is 10.2 Å². The van der Waals surface area contributed by atoms with Gasteiger partial charge in [-0.15, -0.1) is 22.0 Å². The van der Waals surface area contributed by atoms with Gasteiger partial charge in [-0.3, -0.25) is 14.9 Å². The normalized spacial score (nSPS) is 10.3. The van der Waals surface area contributed by atoms with Crippen LogP contribution in [0.25, 0.3) is 0 Å². The van der Waals surface area contributed by atoms with Crippen LogP contribution in [0.2, 0.25) is 0 Å². The SMILES string of the molecule is CCc1ccc(NC(=O)CSCC(=O)Nc2nnc(C)s2)cc1. The minimum Gasteiger partial charge on any atom is -0.325 e. The summed E-state index contributed by atoms with van der Waals surface area (Å²) >= 11 is 2.57. The zero-order valence-electron chi connectivity index (χ0n) is 13.0. The Labute approximate surface area is 143 Å². The largest absolute Gasteiger partial charge is 0.325 e. The molecule has 0 bridgehead atoms. The van der Waals surface area contributed by atoms with Crippen LogP contribution in [0.4, 0.5) is 10.8 Å². The maximum Gasteiger partial charge on any atom is 0.236 e. The lowest BCUT2D eigenvalue weighted by Crippen LogP contribution is -2.18. The first-order valence-corrected chi connectivity index (χ1v) is 9.10. The Morgan fingerprint density at radius 2 is 1.74 bits per heavy atom. The summed E-state index contributed by atoms with van der Waals surface area (Å²) in [4.78, 5) is 23.5. The summed E-state index contributed by atoms with van der Waals surface area (Å²) in [5, 5.41) is 14.4. The highest BCUT2D eigenvalue weighted by Gasteiger charge is 2.08. The Morgan fingerprint density at radius 1 is 1.09 bits per heavy atom. The van der Waals surface area contributed by atoms with Crippen molar-refractivity contribution in [3.05, 3.63) is 34.8 Å². The van der Waals surface area contributed by atoms with Crippen molar-refractivity contribution in [2.24, 2.45) is 0 Å². The third kappa shape index (κ3) is 5.99. The smallest absolute Gasteiger partial charge is 0.236 e. The van der Waals surface area contributed by atoms with Crippen molar-refractivity contribution in [2.75, 3.05) is 22.1 Å². The standard InChI is InChI=1S/C15H18N4O2S2/c1-3-11-4-6-12(7-5-11)16-13(20)8-22-9-14(21)17-15-19-18-10(2)23-15/h4-7H,3,8-9H2,1-2H3,(H,16,20)(H,17,19,21). The van der Waals surface area contributed by atoms with Crippen molar-refractivity contribution in [3.63, 3.8) is 0 Å². The number of anilines is 2. The average molecular weight is 350 g/mol. The zero-order chi connectivity index (χ0) is 16.7. The molecule has 6 nitrogen and oxygen atoms in total. The van der Waals surface area contributed by atoms with E-state index in [2.05, 4.69) is 27.8 Å². The lowest BCUT2D eigenvalue weighted by atomic mass is 10.1. The molecule has 2 N–H and O–H groups in total. The van der Waals surface area contributed by atoms with Crippen LogP contribution in [0.5, 0.6) is 0 Å². The molecule has 23 heavy (non-hydrogen) atoms. The number of hydrogen-bond donors (Lipinski definition) is 2. The Morgan fingerprint density at radius 3 is 2.30 bits per heavy atom. The first-order chi connectivity index (χ1) is 11.1. The van der Waals surface area contributed by atoms with E-state index in [0.29, 0.717) is 5.13 Å². The summed E-state index contributed by atoms with van der Waals surface area (Å²) in [6.45, 7) is 3.90. The quantitative estimate of drug-likeness (QED) is 0.802. The van der Waals surface area contributed by atoms with Gasteiger partial charge < -0.3 is 5.32 Å². The number of benzene rings is 1. The number of nitrogens with one attached hydrogen (secondary N) is 2. The van der Waals surface area contributed by atoms with Crippen molar-refractivity contribution < 1.29 is 9.59 Å². The molecule has 0 spiro atoms. The zero-order valence-corrected chi connectivity index (χ0v) is 14.6. The highest BCUT2D eigenvalue weighted by atomic mass is 32.2. The van der Waals surface area contributed by atoms with E-state index in [1.165, 1.54) is 28.7 Å². The second-order valence-electron chi connectivity index (χ2n) is 4.77. The molecule has 0 fully saturated rings. The van der Waals surface area contributed by atoms with Gasteiger partial charge in [0.1, 0.15) is 5.01 Å². The van der Waals surface area contributed by atoms with Crippen LogP contribution in [-0.2, 0) is 16.0 Å². The van der Waals surface area contributed by atoms with E-state index in [0.717, 1.165) is 17.1 Å². The monoisotopic (exact) mass is 350 g/mol. The molecule has 0 aliphatic heterocycles. The highest BCUT2D eigenvalue weighted by Crippen LogP contribution is 2.14. The van der Waals surface area contributed by atoms with Gasteiger partial charge in [0.25, 0.3) is 0 Å². The van der Waals surface area contributed by atoms with E-state index in [1.54, 1.807) is 0 Å². The molecule has 1 heterocycles. The Kier molecular flexibility index (Phi) is 6.54. The summed E-state index contributed by atoms with van der Waals surface area (Å²) in [5.41, 5.74) is 1.99. The van der Waals surface area contributed by atoms with Crippen LogP contribution in [0, 0.1) is 6.92 Å². The number of rotatable bonds is 7. The fraction of sp³-hybridized carbons (Fsp3) is 0.333. The fourth-order valence-corrected chi connectivity index (χ4v) is 2.98. The van der Waals surface area contributed by atoms with Crippen molar-refractivity contribution >= 4 is 45.7 Å². The number of amides is 2. The van der Waals surface area contributed by atoms with E-state index >= 15 is 0 Å². The van der Waals surface area contributed by atoms with E-state index in [-0.39, 0.29) is 23.3 Å². The summed E-state index contributed by atoms with van der Waals surface area (Å²) in [5.74, 6) is 0.101. The lowest BCUT2D eigenvalue weighted by molar-refractivity contribution is -0.114. The van der Waals surface area contributed by atoms with E-state index < -0.39 is 0 Å². The maximum absolute atomic E-state index is 11.8. The number of nitrogens with zero attached hydrogens (tertiary/aromatic N) is 2. The van der Waals surface area contributed by atoms with Crippen LogP contribution < -0.4 is 10.6 Å². The molecule has 0 unspecified atom stereocenters. The Hall–Kier alpha value is -1.93. The van der Waals surface area contributed by atoms with Gasteiger partial charge in [-0.25, -0.2) is 0 Å². The first-order valence-electron chi connectivity index (χ1n) is 7.13. The molecular weight excluding hydrogens is 332 g/mol. The number of carbonyl (C=O) groups is 2. The third-order valence-corrected chi connectivity index (χ3v) is 4.57. The van der Waals surface area contributed by atoms with Crippen LogP contribution in [0.15, 0.2) is 24.3 Å². The van der Waals surface area contributed by atoms with Gasteiger partial charge in [0.05, 0.1) is 11.5 Å². The van der Waals surface area contributed by atoms with Crippen LogP contribution in [-0.4, -0.2) is 33.5 Å². The van der Waals surface area contributed by atoms with E-state index in [9.17, 15) is 9.59 Å².